The van der Waals surface area contributed by atoms with Crippen LogP contribution >= 0.6 is 0 Å². The lowest BCUT2D eigenvalue weighted by Crippen LogP contribution is -2.50. The Morgan fingerprint density at radius 1 is 1.04 bits per heavy atom. The van der Waals surface area contributed by atoms with E-state index in [2.05, 4.69) is 16.7 Å². The lowest BCUT2D eigenvalue weighted by atomic mass is 10.1. The number of nitrogens with one attached hydrogen (secondary N) is 2. The van der Waals surface area contributed by atoms with E-state index >= 15 is 0 Å². The van der Waals surface area contributed by atoms with Crippen LogP contribution in [0.25, 0.3) is 16.6 Å². The molecule has 1 unspecified atom stereocenters. The van der Waals surface area contributed by atoms with E-state index in [-0.39, 0.29) is 18.5 Å². The highest BCUT2D eigenvalue weighted by Crippen LogP contribution is 2.29. The second kappa shape index (κ2) is 13.9. The van der Waals surface area contributed by atoms with E-state index in [1.165, 1.54) is 11.9 Å². The molecule has 0 saturated carbocycles. The summed E-state index contributed by atoms with van der Waals surface area (Å²) in [7, 11) is 1.53. The lowest BCUT2D eigenvalue weighted by molar-refractivity contribution is -0.126. The van der Waals surface area contributed by atoms with E-state index in [9.17, 15) is 19.6 Å². The minimum absolute atomic E-state index is 0.186. The molecule has 2 atom stereocenters. The Labute approximate surface area is 263 Å². The van der Waals surface area contributed by atoms with E-state index < -0.39 is 17.7 Å². The molecular weight excluding hydrogens is 570 g/mol. The number of para-hydroxylation sites is 4. The highest BCUT2D eigenvalue weighted by molar-refractivity contribution is 5.88. The predicted octanol–water partition coefficient (Wildman–Crippen LogP) is 5.23. The van der Waals surface area contributed by atoms with Crippen LogP contribution in [0.4, 0.5) is 16.2 Å². The second-order valence-electron chi connectivity index (χ2n) is 11.8. The number of likely N-dealkylation sites (N-methyl/N-ethyl adjacent to an activating group) is 1. The number of hydrogen-bond acceptors (Lipinski definition) is 7. The zero-order valence-corrected chi connectivity index (χ0v) is 26.4. The van der Waals surface area contributed by atoms with Crippen molar-refractivity contribution in [2.45, 2.75) is 58.8 Å². The second-order valence-corrected chi connectivity index (χ2v) is 11.8. The number of anilines is 2. The number of nitrogens with zero attached hydrogens (tertiary/aromatic N) is 5. The van der Waals surface area contributed by atoms with Crippen LogP contribution in [0.5, 0.6) is 0 Å². The normalized spacial score (nSPS) is 12.5. The Morgan fingerprint density at radius 3 is 2.42 bits per heavy atom. The fourth-order valence-corrected chi connectivity index (χ4v) is 4.74. The summed E-state index contributed by atoms with van der Waals surface area (Å²) in [5.41, 5.74) is 3.31. The minimum atomic E-state index is -0.741. The Bertz CT molecular complexity index is 1720. The molecule has 0 aliphatic rings. The molecule has 0 bridgehead atoms. The highest BCUT2D eigenvalue weighted by Gasteiger charge is 2.27. The summed E-state index contributed by atoms with van der Waals surface area (Å²) in [5, 5.41) is 21.6. The van der Waals surface area contributed by atoms with Gasteiger partial charge in [-0.3, -0.25) is 14.5 Å². The maximum absolute atomic E-state index is 12.9. The average molecular weight is 610 g/mol. The van der Waals surface area contributed by atoms with E-state index in [0.29, 0.717) is 34.9 Å². The van der Waals surface area contributed by atoms with Crippen LogP contribution < -0.4 is 15.5 Å². The van der Waals surface area contributed by atoms with E-state index in [4.69, 9.17) is 9.84 Å². The third-order valence-electron chi connectivity index (χ3n) is 7.21. The van der Waals surface area contributed by atoms with E-state index in [0.717, 1.165) is 17.3 Å². The molecule has 3 aromatic carbocycles. The number of benzene rings is 3. The maximum Gasteiger partial charge on any atom is 0.410 e. The number of amides is 3. The molecule has 45 heavy (non-hydrogen) atoms. The van der Waals surface area contributed by atoms with Gasteiger partial charge in [-0.25, -0.2) is 9.48 Å². The first kappa shape index (κ1) is 32.5. The quantitative estimate of drug-likeness (QED) is 0.223. The standard InChI is InChI=1S/C34H39N7O4/c1-23(37-32(43)24(2)39(6)33(44)45-34(3,4)5)20-36-27-15-9-12-18-31(27)40(22-42)21-28-26-14-8-11-17-30(26)41(38-28)29-16-10-7-13-25(29)19-35/h7-18,22-24,36H,20-21H2,1-6H3,(H,37,43)/t23?,24-/m0/s1. The van der Waals surface area contributed by atoms with Crippen molar-refractivity contribution in [1.82, 2.24) is 20.0 Å². The number of rotatable bonds is 11. The first-order valence-electron chi connectivity index (χ1n) is 14.7. The van der Waals surface area contributed by atoms with Crippen molar-refractivity contribution in [3.63, 3.8) is 0 Å². The number of carbonyl (C=O) groups excluding carboxylic acids is 3. The molecule has 2 N–H and O–H groups in total. The van der Waals surface area contributed by atoms with Crippen LogP contribution in [0.2, 0.25) is 0 Å². The minimum Gasteiger partial charge on any atom is -0.444 e. The van der Waals surface area contributed by atoms with Gasteiger partial charge in [0.2, 0.25) is 12.3 Å². The van der Waals surface area contributed by atoms with Gasteiger partial charge in [0, 0.05) is 25.0 Å². The van der Waals surface area contributed by atoms with E-state index in [1.54, 1.807) is 43.3 Å². The molecule has 4 aromatic rings. The summed E-state index contributed by atoms with van der Waals surface area (Å²) in [5.74, 6) is -0.319. The van der Waals surface area contributed by atoms with Gasteiger partial charge in [-0.1, -0.05) is 42.5 Å². The third-order valence-corrected chi connectivity index (χ3v) is 7.21. The molecule has 4 rings (SSSR count). The van der Waals surface area contributed by atoms with E-state index in [1.807, 2.05) is 73.7 Å². The highest BCUT2D eigenvalue weighted by atomic mass is 16.6. The van der Waals surface area contributed by atoms with Crippen LogP contribution in [0.15, 0.2) is 72.8 Å². The molecule has 0 aliphatic heterocycles. The summed E-state index contributed by atoms with van der Waals surface area (Å²) in [4.78, 5) is 40.6. The average Bonchev–Trinajstić information content (AvgIpc) is 3.39. The van der Waals surface area contributed by atoms with Crippen molar-refractivity contribution >= 4 is 40.7 Å². The Hall–Kier alpha value is -5.37. The Kier molecular flexibility index (Phi) is 10.1. The van der Waals surface area contributed by atoms with Gasteiger partial charge in [0.1, 0.15) is 17.7 Å². The molecule has 0 aliphatic carbocycles. The topological polar surface area (TPSA) is 133 Å². The Morgan fingerprint density at radius 2 is 1.71 bits per heavy atom. The van der Waals surface area contributed by atoms with Gasteiger partial charge in [-0.05, 0) is 65.0 Å². The third kappa shape index (κ3) is 7.78. The molecule has 1 aromatic heterocycles. The number of ether oxygens (including phenoxy) is 1. The van der Waals surface area contributed by atoms with Crippen molar-refractivity contribution in [2.24, 2.45) is 0 Å². The van der Waals surface area contributed by atoms with Crippen molar-refractivity contribution in [3.05, 3.63) is 84.1 Å². The molecule has 0 fully saturated rings. The molecule has 0 saturated heterocycles. The zero-order chi connectivity index (χ0) is 32.7. The zero-order valence-electron chi connectivity index (χ0n) is 26.4. The van der Waals surface area contributed by atoms with Crippen LogP contribution in [-0.2, 0) is 20.9 Å². The molecule has 0 radical (unpaired) electrons. The van der Waals surface area contributed by atoms with Crippen LogP contribution in [-0.4, -0.2) is 64.4 Å². The van der Waals surface area contributed by atoms with Crippen LogP contribution in [0.3, 0.4) is 0 Å². The fourth-order valence-electron chi connectivity index (χ4n) is 4.74. The molecular formula is C34H39N7O4. The molecule has 3 amide bonds. The number of hydrogen-bond donors (Lipinski definition) is 2. The summed E-state index contributed by atoms with van der Waals surface area (Å²) in [6.45, 7) is 9.35. The van der Waals surface area contributed by atoms with Crippen molar-refractivity contribution in [3.8, 4) is 11.8 Å². The van der Waals surface area contributed by atoms with Crippen molar-refractivity contribution < 1.29 is 19.1 Å². The van der Waals surface area contributed by atoms with Gasteiger partial charge >= 0.3 is 6.09 Å². The molecule has 11 nitrogen and oxygen atoms in total. The maximum atomic E-state index is 12.9. The van der Waals surface area contributed by atoms with Crippen LogP contribution in [0.1, 0.15) is 45.9 Å². The molecule has 11 heteroatoms. The largest absolute Gasteiger partial charge is 0.444 e. The lowest BCUT2D eigenvalue weighted by Gasteiger charge is -2.29. The number of carbonyl (C=O) groups is 3. The van der Waals surface area contributed by atoms with Gasteiger partial charge < -0.3 is 20.3 Å². The van der Waals surface area contributed by atoms with Gasteiger partial charge in [0.15, 0.2) is 0 Å². The summed E-state index contributed by atoms with van der Waals surface area (Å²) in [6.07, 6.45) is 0.183. The number of nitriles is 1. The summed E-state index contributed by atoms with van der Waals surface area (Å²) >= 11 is 0. The Balaban J connectivity index is 1.48. The monoisotopic (exact) mass is 609 g/mol. The first-order chi connectivity index (χ1) is 21.4. The smallest absolute Gasteiger partial charge is 0.410 e. The van der Waals surface area contributed by atoms with Crippen molar-refractivity contribution in [1.29, 1.82) is 5.26 Å². The van der Waals surface area contributed by atoms with Gasteiger partial charge in [0.25, 0.3) is 0 Å². The molecule has 1 heterocycles. The van der Waals surface area contributed by atoms with Crippen molar-refractivity contribution in [2.75, 3.05) is 23.8 Å². The van der Waals surface area contributed by atoms with Gasteiger partial charge in [-0.2, -0.15) is 10.4 Å². The first-order valence-corrected chi connectivity index (χ1v) is 14.7. The number of fused-ring (bicyclic) bond motifs is 1. The molecule has 0 spiro atoms. The SMILES string of the molecule is CC(CNc1ccccc1N(C=O)Cc1nn(-c2ccccc2C#N)c2ccccc12)NC(=O)[C@H](C)N(C)C(=O)OC(C)(C)C. The fraction of sp³-hybridized carbons (Fsp3) is 0.324. The predicted molar refractivity (Wildman–Crippen MR) is 174 cm³/mol. The van der Waals surface area contributed by atoms with Crippen LogP contribution in [0, 0.1) is 11.3 Å². The van der Waals surface area contributed by atoms with Gasteiger partial charge in [0.05, 0.1) is 40.4 Å². The van der Waals surface area contributed by atoms with Gasteiger partial charge in [-0.15, -0.1) is 0 Å². The number of aromatic nitrogens is 2. The summed E-state index contributed by atoms with van der Waals surface area (Å²) < 4.78 is 7.11. The summed E-state index contributed by atoms with van der Waals surface area (Å²) in [6, 6.07) is 23.5. The molecule has 234 valence electrons.